The van der Waals surface area contributed by atoms with Crippen LogP contribution in [0, 0.1) is 5.82 Å². The molecule has 2 rings (SSSR count). The molecule has 26 heavy (non-hydrogen) atoms. The third-order valence-corrected chi connectivity index (χ3v) is 3.99. The second-order valence-electron chi connectivity index (χ2n) is 5.86. The molecule has 7 heteroatoms. The highest BCUT2D eigenvalue weighted by Crippen LogP contribution is 2.18. The van der Waals surface area contributed by atoms with Crippen molar-refractivity contribution in [2.24, 2.45) is 10.7 Å². The quantitative estimate of drug-likeness (QED) is 0.326. The lowest BCUT2D eigenvalue weighted by Gasteiger charge is -2.11. The van der Waals surface area contributed by atoms with E-state index in [4.69, 9.17) is 10.5 Å². The normalized spacial score (nSPS) is 11.2. The minimum atomic E-state index is -0.230. The van der Waals surface area contributed by atoms with Crippen LogP contribution in [0.2, 0.25) is 0 Å². The van der Waals surface area contributed by atoms with Crippen LogP contribution in [0.15, 0.2) is 47.5 Å². The summed E-state index contributed by atoms with van der Waals surface area (Å²) >= 11 is 1.65. The molecule has 0 heterocycles. The van der Waals surface area contributed by atoms with Crippen molar-refractivity contribution >= 4 is 47.4 Å². The van der Waals surface area contributed by atoms with Gasteiger partial charge in [0.2, 0.25) is 0 Å². The van der Waals surface area contributed by atoms with Crippen molar-refractivity contribution in [3.05, 3.63) is 59.4 Å². The highest BCUT2D eigenvalue weighted by Gasteiger charge is 2.04. The smallest absolute Gasteiger partial charge is 0.193 e. The molecule has 3 N–H and O–H groups in total. The van der Waals surface area contributed by atoms with Crippen molar-refractivity contribution in [1.82, 2.24) is 0 Å². The number of ether oxygens (including phenoxy) is 1. The lowest BCUT2D eigenvalue weighted by atomic mass is 10.1. The lowest BCUT2D eigenvalue weighted by Crippen LogP contribution is -2.22. The van der Waals surface area contributed by atoms with Gasteiger partial charge in [0, 0.05) is 11.4 Å². The molecule has 0 spiro atoms. The third-order valence-electron chi connectivity index (χ3n) is 3.39. The zero-order valence-corrected chi connectivity index (χ0v) is 18.3. The van der Waals surface area contributed by atoms with Gasteiger partial charge in [-0.25, -0.2) is 9.38 Å². The Bertz CT molecular complexity index is 723. The van der Waals surface area contributed by atoms with E-state index in [1.807, 2.05) is 44.4 Å². The van der Waals surface area contributed by atoms with E-state index in [1.165, 1.54) is 6.07 Å². The summed E-state index contributed by atoms with van der Waals surface area (Å²) in [5.74, 6) is 1.64. The van der Waals surface area contributed by atoms with Gasteiger partial charge in [-0.2, -0.15) is 11.8 Å². The first-order valence-electron chi connectivity index (χ1n) is 8.08. The maximum absolute atomic E-state index is 13.4. The fraction of sp³-hybridized carbons (Fsp3) is 0.316. The Balaban J connectivity index is 0.00000338. The van der Waals surface area contributed by atoms with Crippen LogP contribution in [-0.2, 0) is 12.3 Å². The molecule has 0 aromatic heterocycles. The summed E-state index contributed by atoms with van der Waals surface area (Å²) < 4.78 is 19.0. The van der Waals surface area contributed by atoms with Gasteiger partial charge in [-0.05, 0) is 67.6 Å². The maximum atomic E-state index is 13.4. The standard InChI is InChI=1S/C19H24FN3OS.HI/c1-13(2)24-18-8-6-17(7-9-18)23-19(21)22-11-14-4-5-16(20)10-15(14)12-25-3;/h4-10,13H,11-12H2,1-3H3,(H3,21,22,23);1H. The average Bonchev–Trinajstić information content (AvgIpc) is 2.56. The van der Waals surface area contributed by atoms with Crippen molar-refractivity contribution in [3.63, 3.8) is 0 Å². The molecule has 0 unspecified atom stereocenters. The number of thioether (sulfide) groups is 1. The van der Waals surface area contributed by atoms with Crippen LogP contribution >= 0.6 is 35.7 Å². The van der Waals surface area contributed by atoms with E-state index >= 15 is 0 Å². The predicted octanol–water partition coefficient (Wildman–Crippen LogP) is 5.02. The second kappa shape index (κ2) is 11.3. The molecular weight excluding hydrogens is 464 g/mol. The first-order chi connectivity index (χ1) is 12.0. The van der Waals surface area contributed by atoms with E-state index in [9.17, 15) is 4.39 Å². The lowest BCUT2D eigenvalue weighted by molar-refractivity contribution is 0.242. The number of halogens is 2. The van der Waals surface area contributed by atoms with Crippen LogP contribution in [0.5, 0.6) is 5.75 Å². The molecule has 0 aliphatic rings. The first-order valence-corrected chi connectivity index (χ1v) is 9.47. The number of benzene rings is 2. The Morgan fingerprint density at radius 2 is 1.88 bits per heavy atom. The highest BCUT2D eigenvalue weighted by atomic mass is 127. The summed E-state index contributed by atoms with van der Waals surface area (Å²) in [4.78, 5) is 4.35. The third kappa shape index (κ3) is 7.41. The van der Waals surface area contributed by atoms with Gasteiger partial charge in [-0.15, -0.1) is 24.0 Å². The molecule has 0 saturated carbocycles. The topological polar surface area (TPSA) is 59.6 Å². The molecule has 0 saturated heterocycles. The summed E-state index contributed by atoms with van der Waals surface area (Å²) in [6.45, 7) is 4.37. The molecule has 0 aliphatic carbocycles. The van der Waals surface area contributed by atoms with E-state index < -0.39 is 0 Å². The van der Waals surface area contributed by atoms with Crippen molar-refractivity contribution in [3.8, 4) is 5.75 Å². The van der Waals surface area contributed by atoms with Crippen LogP contribution in [0.1, 0.15) is 25.0 Å². The molecule has 142 valence electrons. The molecule has 0 amide bonds. The number of hydrogen-bond donors (Lipinski definition) is 2. The average molecular weight is 489 g/mol. The van der Waals surface area contributed by atoms with E-state index in [0.29, 0.717) is 12.5 Å². The minimum Gasteiger partial charge on any atom is -0.491 e. The summed E-state index contributed by atoms with van der Waals surface area (Å²) in [7, 11) is 0. The maximum Gasteiger partial charge on any atom is 0.193 e. The second-order valence-corrected chi connectivity index (χ2v) is 6.73. The van der Waals surface area contributed by atoms with Crippen molar-refractivity contribution in [2.45, 2.75) is 32.2 Å². The molecule has 0 bridgehead atoms. The van der Waals surface area contributed by atoms with Crippen LogP contribution in [0.4, 0.5) is 10.1 Å². The zero-order valence-electron chi connectivity index (χ0n) is 15.2. The summed E-state index contributed by atoms with van der Waals surface area (Å²) in [5, 5.41) is 3.05. The van der Waals surface area contributed by atoms with Gasteiger partial charge in [-0.1, -0.05) is 6.07 Å². The molecule has 0 atom stereocenters. The Labute approximate surface area is 175 Å². The molecule has 4 nitrogen and oxygen atoms in total. The molecule has 0 fully saturated rings. The molecule has 2 aromatic carbocycles. The van der Waals surface area contributed by atoms with Gasteiger partial charge in [0.15, 0.2) is 5.96 Å². The largest absolute Gasteiger partial charge is 0.491 e. The number of rotatable bonds is 7. The molecular formula is C19H25FIN3OS. The number of nitrogens with two attached hydrogens (primary N) is 1. The van der Waals surface area contributed by atoms with Gasteiger partial charge < -0.3 is 15.8 Å². The predicted molar refractivity (Wildman–Crippen MR) is 120 cm³/mol. The van der Waals surface area contributed by atoms with Crippen LogP contribution in [0.25, 0.3) is 0 Å². The SMILES string of the molecule is CSCc1cc(F)ccc1CN=C(N)Nc1ccc(OC(C)C)cc1.I. The van der Waals surface area contributed by atoms with Gasteiger partial charge in [0.1, 0.15) is 11.6 Å². The van der Waals surface area contributed by atoms with Crippen molar-refractivity contribution in [1.29, 1.82) is 0 Å². The number of hydrogen-bond acceptors (Lipinski definition) is 3. The van der Waals surface area contributed by atoms with E-state index in [1.54, 1.807) is 23.9 Å². The number of anilines is 1. The Morgan fingerprint density at radius 3 is 2.50 bits per heavy atom. The molecule has 0 radical (unpaired) electrons. The van der Waals surface area contributed by atoms with Crippen LogP contribution < -0.4 is 15.8 Å². The summed E-state index contributed by atoms with van der Waals surface area (Å²) in [6, 6.07) is 12.3. The number of nitrogens with zero attached hydrogens (tertiary/aromatic N) is 1. The van der Waals surface area contributed by atoms with E-state index in [-0.39, 0.29) is 35.9 Å². The number of guanidine groups is 1. The van der Waals surface area contributed by atoms with Gasteiger partial charge in [0.25, 0.3) is 0 Å². The zero-order chi connectivity index (χ0) is 18.2. The van der Waals surface area contributed by atoms with Crippen molar-refractivity contribution in [2.75, 3.05) is 11.6 Å². The van der Waals surface area contributed by atoms with Crippen LogP contribution in [-0.4, -0.2) is 18.3 Å². The van der Waals surface area contributed by atoms with E-state index in [2.05, 4.69) is 10.3 Å². The monoisotopic (exact) mass is 489 g/mol. The molecule has 2 aromatic rings. The number of nitrogens with one attached hydrogen (secondary N) is 1. The van der Waals surface area contributed by atoms with Gasteiger partial charge in [-0.3, -0.25) is 0 Å². The fourth-order valence-electron chi connectivity index (χ4n) is 2.29. The highest BCUT2D eigenvalue weighted by molar-refractivity contribution is 14.0. The van der Waals surface area contributed by atoms with E-state index in [0.717, 1.165) is 28.3 Å². The summed E-state index contributed by atoms with van der Waals surface area (Å²) in [5.41, 5.74) is 8.71. The Morgan fingerprint density at radius 1 is 1.19 bits per heavy atom. The van der Waals surface area contributed by atoms with Gasteiger partial charge in [0.05, 0.1) is 12.6 Å². The number of aliphatic imine (C=N–C) groups is 1. The minimum absolute atomic E-state index is 0. The van der Waals surface area contributed by atoms with Gasteiger partial charge >= 0.3 is 0 Å². The van der Waals surface area contributed by atoms with Crippen molar-refractivity contribution < 1.29 is 9.13 Å². The fourth-order valence-corrected chi connectivity index (χ4v) is 2.87. The summed E-state index contributed by atoms with van der Waals surface area (Å²) in [6.07, 6.45) is 2.12. The van der Waals surface area contributed by atoms with Crippen LogP contribution in [0.3, 0.4) is 0 Å². The molecule has 0 aliphatic heterocycles. The first kappa shape index (κ1) is 22.6. The Hall–Kier alpha value is -1.48. The Kier molecular flexibility index (Phi) is 9.79.